The third-order valence-electron chi connectivity index (χ3n) is 2.42. The summed E-state index contributed by atoms with van der Waals surface area (Å²) in [5, 5.41) is 2.56. The van der Waals surface area contributed by atoms with Crippen LogP contribution in [0.5, 0.6) is 0 Å². The molecule has 3 aromatic heterocycles. The normalized spacial score (nSPS) is 11.4. The van der Waals surface area contributed by atoms with E-state index >= 15 is 0 Å². The molecule has 0 bridgehead atoms. The van der Waals surface area contributed by atoms with E-state index in [0.717, 1.165) is 5.82 Å². The van der Waals surface area contributed by atoms with Crippen LogP contribution in [0, 0.1) is 6.92 Å². The summed E-state index contributed by atoms with van der Waals surface area (Å²) >= 11 is 0. The number of aromatic nitrogens is 6. The molecule has 0 atom stereocenters. The standard InChI is InChI=1S/C8H9N7O/c1-4-10-3-5-6(14(4)9-2)11-7-12-8(16)13-15(5)7/h3,9H,1-2H3,(H,13,16). The van der Waals surface area contributed by atoms with Crippen LogP contribution in [0.2, 0.25) is 0 Å². The minimum atomic E-state index is -0.416. The van der Waals surface area contributed by atoms with Crippen molar-refractivity contribution in [3.05, 3.63) is 22.5 Å². The quantitative estimate of drug-likeness (QED) is 0.561. The van der Waals surface area contributed by atoms with Crippen molar-refractivity contribution in [2.45, 2.75) is 6.92 Å². The first-order valence-electron chi connectivity index (χ1n) is 4.71. The van der Waals surface area contributed by atoms with E-state index in [-0.39, 0.29) is 0 Å². The zero-order valence-electron chi connectivity index (χ0n) is 8.72. The molecule has 0 aliphatic rings. The Labute approximate surface area is 88.9 Å². The summed E-state index contributed by atoms with van der Waals surface area (Å²) in [4.78, 5) is 23.2. The van der Waals surface area contributed by atoms with Crippen molar-refractivity contribution in [1.29, 1.82) is 0 Å². The SMILES string of the molecule is CNn1c(C)ncc2c1nc1nc(=O)[nH]n12. The van der Waals surface area contributed by atoms with Gasteiger partial charge in [0.05, 0.1) is 6.20 Å². The van der Waals surface area contributed by atoms with Gasteiger partial charge in [-0.05, 0) is 6.92 Å². The summed E-state index contributed by atoms with van der Waals surface area (Å²) in [5.74, 6) is 1.12. The number of nitrogens with one attached hydrogen (secondary N) is 2. The molecule has 0 aliphatic heterocycles. The number of hydrogen-bond acceptors (Lipinski definition) is 5. The molecule has 8 heteroatoms. The molecule has 0 unspecified atom stereocenters. The van der Waals surface area contributed by atoms with Gasteiger partial charge in [-0.1, -0.05) is 0 Å². The molecule has 16 heavy (non-hydrogen) atoms. The first-order chi connectivity index (χ1) is 7.70. The Hall–Kier alpha value is -2.38. The van der Waals surface area contributed by atoms with Crippen molar-refractivity contribution < 1.29 is 0 Å². The number of aromatic amines is 1. The predicted molar refractivity (Wildman–Crippen MR) is 56.9 cm³/mol. The van der Waals surface area contributed by atoms with Gasteiger partial charge in [-0.25, -0.2) is 24.1 Å². The maximum atomic E-state index is 11.0. The van der Waals surface area contributed by atoms with Gasteiger partial charge in [0.1, 0.15) is 11.3 Å². The fourth-order valence-corrected chi connectivity index (χ4v) is 1.72. The van der Waals surface area contributed by atoms with Crippen molar-refractivity contribution in [2.75, 3.05) is 12.5 Å². The van der Waals surface area contributed by atoms with E-state index < -0.39 is 5.69 Å². The predicted octanol–water partition coefficient (Wildman–Crippen LogP) is -0.751. The molecule has 2 N–H and O–H groups in total. The Balaban J connectivity index is 2.54. The molecule has 0 aromatic carbocycles. The maximum absolute atomic E-state index is 11.0. The highest BCUT2D eigenvalue weighted by Crippen LogP contribution is 2.12. The summed E-state index contributed by atoms with van der Waals surface area (Å²) in [6.45, 7) is 1.86. The lowest BCUT2D eigenvalue weighted by Gasteiger charge is -2.08. The van der Waals surface area contributed by atoms with Crippen LogP contribution in [-0.4, -0.2) is 36.3 Å². The van der Waals surface area contributed by atoms with E-state index in [1.54, 1.807) is 17.9 Å². The summed E-state index contributed by atoms with van der Waals surface area (Å²) in [5.41, 5.74) is 3.92. The average molecular weight is 219 g/mol. The molecule has 3 aromatic rings. The lowest BCUT2D eigenvalue weighted by atomic mass is 10.5. The monoisotopic (exact) mass is 219 g/mol. The number of H-pyrrole nitrogens is 1. The van der Waals surface area contributed by atoms with Gasteiger partial charge in [-0.15, -0.1) is 0 Å². The highest BCUT2D eigenvalue weighted by atomic mass is 16.1. The molecule has 3 rings (SSSR count). The number of aryl methyl sites for hydroxylation is 1. The van der Waals surface area contributed by atoms with Gasteiger partial charge in [0, 0.05) is 7.05 Å². The second kappa shape index (κ2) is 2.81. The second-order valence-electron chi connectivity index (χ2n) is 3.35. The molecule has 0 saturated heterocycles. The Bertz CT molecular complexity index is 734. The fourth-order valence-electron chi connectivity index (χ4n) is 1.72. The minimum absolute atomic E-state index is 0.344. The average Bonchev–Trinajstić information content (AvgIpc) is 2.73. The Morgan fingerprint density at radius 1 is 1.44 bits per heavy atom. The van der Waals surface area contributed by atoms with Gasteiger partial charge in [-0.3, -0.25) is 0 Å². The summed E-state index contributed by atoms with van der Waals surface area (Å²) < 4.78 is 3.24. The van der Waals surface area contributed by atoms with E-state index in [4.69, 9.17) is 0 Å². The van der Waals surface area contributed by atoms with Crippen LogP contribution >= 0.6 is 0 Å². The van der Waals surface area contributed by atoms with Crippen molar-refractivity contribution in [2.24, 2.45) is 0 Å². The zero-order chi connectivity index (χ0) is 11.3. The molecule has 0 saturated carbocycles. The second-order valence-corrected chi connectivity index (χ2v) is 3.35. The van der Waals surface area contributed by atoms with E-state index in [0.29, 0.717) is 16.9 Å². The van der Waals surface area contributed by atoms with Crippen LogP contribution in [0.25, 0.3) is 16.9 Å². The Kier molecular flexibility index (Phi) is 1.56. The van der Waals surface area contributed by atoms with Crippen LogP contribution in [0.15, 0.2) is 11.0 Å². The highest BCUT2D eigenvalue weighted by molar-refractivity contribution is 5.74. The number of fused-ring (bicyclic) bond motifs is 3. The fraction of sp³-hybridized carbons (Fsp3) is 0.250. The van der Waals surface area contributed by atoms with Crippen molar-refractivity contribution in [3.63, 3.8) is 0 Å². The largest absolute Gasteiger partial charge is 0.363 e. The molecular weight excluding hydrogens is 210 g/mol. The lowest BCUT2D eigenvalue weighted by Crippen LogP contribution is -2.15. The van der Waals surface area contributed by atoms with Gasteiger partial charge < -0.3 is 5.43 Å². The van der Waals surface area contributed by atoms with Crippen LogP contribution in [-0.2, 0) is 0 Å². The van der Waals surface area contributed by atoms with Crippen LogP contribution in [0.4, 0.5) is 0 Å². The molecule has 3 heterocycles. The van der Waals surface area contributed by atoms with Crippen LogP contribution in [0.3, 0.4) is 0 Å². The van der Waals surface area contributed by atoms with E-state index in [2.05, 4.69) is 25.5 Å². The van der Waals surface area contributed by atoms with Crippen LogP contribution < -0.4 is 11.1 Å². The minimum Gasteiger partial charge on any atom is -0.326 e. The number of nitrogens with zero attached hydrogens (tertiary/aromatic N) is 5. The van der Waals surface area contributed by atoms with Crippen molar-refractivity contribution in [3.8, 4) is 0 Å². The molecule has 8 nitrogen and oxygen atoms in total. The Morgan fingerprint density at radius 2 is 2.25 bits per heavy atom. The molecular formula is C8H9N7O. The van der Waals surface area contributed by atoms with E-state index in [9.17, 15) is 4.79 Å². The van der Waals surface area contributed by atoms with Gasteiger partial charge in [0.2, 0.25) is 0 Å². The molecule has 0 radical (unpaired) electrons. The van der Waals surface area contributed by atoms with E-state index in [1.165, 1.54) is 4.52 Å². The number of imidazole rings is 1. The van der Waals surface area contributed by atoms with E-state index in [1.807, 2.05) is 6.92 Å². The smallest absolute Gasteiger partial charge is 0.326 e. The molecule has 0 amide bonds. The lowest BCUT2D eigenvalue weighted by molar-refractivity contribution is 0.846. The summed E-state index contributed by atoms with van der Waals surface area (Å²) in [6.07, 6.45) is 1.65. The Morgan fingerprint density at radius 3 is 3.00 bits per heavy atom. The number of rotatable bonds is 1. The first-order valence-corrected chi connectivity index (χ1v) is 4.71. The summed E-state index contributed by atoms with van der Waals surface area (Å²) in [6, 6.07) is 0. The first kappa shape index (κ1) is 8.89. The third kappa shape index (κ3) is 0.977. The molecule has 82 valence electrons. The van der Waals surface area contributed by atoms with Crippen molar-refractivity contribution >= 4 is 16.9 Å². The highest BCUT2D eigenvalue weighted by Gasteiger charge is 2.12. The van der Waals surface area contributed by atoms with Gasteiger partial charge in [0.15, 0.2) is 5.65 Å². The number of hydrogen-bond donors (Lipinski definition) is 2. The maximum Gasteiger partial charge on any atom is 0.363 e. The van der Waals surface area contributed by atoms with Crippen LogP contribution in [0.1, 0.15) is 5.82 Å². The molecule has 0 spiro atoms. The van der Waals surface area contributed by atoms with Gasteiger partial charge in [0.25, 0.3) is 5.78 Å². The topological polar surface area (TPSA) is 92.9 Å². The zero-order valence-corrected chi connectivity index (χ0v) is 8.72. The third-order valence-corrected chi connectivity index (χ3v) is 2.42. The van der Waals surface area contributed by atoms with Gasteiger partial charge >= 0.3 is 5.69 Å². The molecule has 0 aliphatic carbocycles. The van der Waals surface area contributed by atoms with Crippen molar-refractivity contribution in [1.82, 2.24) is 29.2 Å². The summed E-state index contributed by atoms with van der Waals surface area (Å²) in [7, 11) is 1.77. The molecule has 0 fully saturated rings. The van der Waals surface area contributed by atoms with Gasteiger partial charge in [-0.2, -0.15) is 9.97 Å².